The fraction of sp³-hybridized carbons (Fsp3) is 0.176. The Morgan fingerprint density at radius 1 is 1.04 bits per heavy atom. The average molecular weight is 349 g/mol. The Morgan fingerprint density at radius 3 is 2.26 bits per heavy atom. The Morgan fingerprint density at radius 2 is 1.65 bits per heavy atom. The molecule has 1 heterocycles. The molecule has 1 aliphatic heterocycles. The second-order valence-electron chi connectivity index (χ2n) is 5.69. The molecule has 3 amide bonds. The maximum absolute atomic E-state index is 12.8. The summed E-state index contributed by atoms with van der Waals surface area (Å²) in [5.74, 6) is -0.329. The van der Waals surface area contributed by atoms with Crippen molar-refractivity contribution in [3.8, 4) is 0 Å². The lowest BCUT2D eigenvalue weighted by Crippen LogP contribution is -2.46. The van der Waals surface area contributed by atoms with Crippen LogP contribution >= 0.6 is 23.2 Å². The van der Waals surface area contributed by atoms with Gasteiger partial charge in [0, 0.05) is 16.5 Å². The van der Waals surface area contributed by atoms with Crippen LogP contribution in [0.2, 0.25) is 10.0 Å². The molecule has 0 bridgehead atoms. The molecule has 23 heavy (non-hydrogen) atoms. The second-order valence-corrected chi connectivity index (χ2v) is 6.57. The lowest BCUT2D eigenvalue weighted by molar-refractivity contribution is -0.121. The summed E-state index contributed by atoms with van der Waals surface area (Å²) in [7, 11) is 0. The summed E-state index contributed by atoms with van der Waals surface area (Å²) >= 11 is 11.9. The quantitative estimate of drug-likeness (QED) is 0.850. The molecular formula is C17H14Cl2N2O2. The molecule has 0 radical (unpaired) electrons. The number of carbonyl (C=O) groups excluding carboxylic acids is 2. The zero-order chi connectivity index (χ0) is 16.6. The van der Waals surface area contributed by atoms with Gasteiger partial charge in [-0.25, -0.2) is 9.69 Å². The van der Waals surface area contributed by atoms with Crippen LogP contribution in [0.25, 0.3) is 0 Å². The van der Waals surface area contributed by atoms with Crippen LogP contribution in [0.4, 0.5) is 10.5 Å². The summed E-state index contributed by atoms with van der Waals surface area (Å²) in [6, 6.07) is 13.7. The highest BCUT2D eigenvalue weighted by atomic mass is 35.5. The number of amides is 3. The summed E-state index contributed by atoms with van der Waals surface area (Å²) in [5, 5.41) is 3.50. The van der Waals surface area contributed by atoms with Crippen LogP contribution in [0, 0.1) is 0 Å². The largest absolute Gasteiger partial charge is 0.329 e. The van der Waals surface area contributed by atoms with Crippen molar-refractivity contribution in [1.29, 1.82) is 0 Å². The van der Waals surface area contributed by atoms with Gasteiger partial charge in [0.25, 0.3) is 5.91 Å². The monoisotopic (exact) mass is 348 g/mol. The molecule has 118 valence electrons. The third-order valence-electron chi connectivity index (χ3n) is 3.77. The third-order valence-corrected chi connectivity index (χ3v) is 4.20. The van der Waals surface area contributed by atoms with E-state index in [1.807, 2.05) is 30.3 Å². The van der Waals surface area contributed by atoms with Gasteiger partial charge in [0.2, 0.25) is 0 Å². The van der Waals surface area contributed by atoms with Crippen LogP contribution in [-0.2, 0) is 11.2 Å². The van der Waals surface area contributed by atoms with Crippen molar-refractivity contribution in [2.45, 2.75) is 18.9 Å². The highest BCUT2D eigenvalue weighted by Gasteiger charge is 2.48. The Labute approximate surface area is 144 Å². The Bertz CT molecular complexity index is 759. The van der Waals surface area contributed by atoms with Crippen LogP contribution in [0.3, 0.4) is 0 Å². The van der Waals surface area contributed by atoms with Crippen molar-refractivity contribution < 1.29 is 9.59 Å². The zero-order valence-corrected chi connectivity index (χ0v) is 13.9. The number of benzene rings is 2. The number of hydrogen-bond donors (Lipinski definition) is 1. The molecular weight excluding hydrogens is 335 g/mol. The Balaban J connectivity index is 1.93. The fourth-order valence-corrected chi connectivity index (χ4v) is 3.23. The molecule has 1 N–H and O–H groups in total. The van der Waals surface area contributed by atoms with E-state index in [4.69, 9.17) is 23.2 Å². The molecule has 0 aliphatic carbocycles. The first-order valence-corrected chi connectivity index (χ1v) is 7.81. The maximum Gasteiger partial charge on any atom is 0.329 e. The molecule has 2 aromatic rings. The summed E-state index contributed by atoms with van der Waals surface area (Å²) in [4.78, 5) is 26.2. The molecule has 1 aliphatic rings. The van der Waals surface area contributed by atoms with E-state index in [1.54, 1.807) is 25.1 Å². The Hall–Kier alpha value is -2.04. The summed E-state index contributed by atoms with van der Waals surface area (Å²) in [6.45, 7) is 1.71. The van der Waals surface area contributed by atoms with Gasteiger partial charge in [0.15, 0.2) is 0 Å². The predicted molar refractivity (Wildman–Crippen MR) is 91.0 cm³/mol. The molecule has 6 heteroatoms. The number of carbonyl (C=O) groups is 2. The number of imide groups is 1. The first-order valence-electron chi connectivity index (χ1n) is 7.06. The highest BCUT2D eigenvalue weighted by molar-refractivity contribution is 6.35. The van der Waals surface area contributed by atoms with Crippen molar-refractivity contribution >= 4 is 40.8 Å². The van der Waals surface area contributed by atoms with Crippen molar-refractivity contribution in [1.82, 2.24) is 5.32 Å². The van der Waals surface area contributed by atoms with E-state index >= 15 is 0 Å². The molecule has 0 saturated carbocycles. The first-order chi connectivity index (χ1) is 10.9. The van der Waals surface area contributed by atoms with E-state index in [2.05, 4.69) is 5.32 Å². The van der Waals surface area contributed by atoms with Gasteiger partial charge in [-0.3, -0.25) is 4.79 Å². The molecule has 0 aromatic heterocycles. The van der Waals surface area contributed by atoms with Crippen molar-refractivity contribution in [2.75, 3.05) is 4.90 Å². The van der Waals surface area contributed by atoms with Gasteiger partial charge in [-0.15, -0.1) is 0 Å². The maximum atomic E-state index is 12.8. The smallest absolute Gasteiger partial charge is 0.323 e. The van der Waals surface area contributed by atoms with E-state index in [9.17, 15) is 9.59 Å². The fourth-order valence-electron chi connectivity index (χ4n) is 2.71. The molecule has 4 nitrogen and oxygen atoms in total. The van der Waals surface area contributed by atoms with Gasteiger partial charge in [0.05, 0.1) is 5.69 Å². The standard InChI is InChI=1S/C17H14Cl2N2O2/c1-17(10-11-5-3-2-4-6-11)15(22)21(16(23)20-17)14-8-12(18)7-13(19)9-14/h2-9H,10H2,1H3,(H,20,23). The Kier molecular flexibility index (Phi) is 4.04. The van der Waals surface area contributed by atoms with Gasteiger partial charge in [-0.2, -0.15) is 0 Å². The molecule has 3 rings (SSSR count). The first kappa shape index (κ1) is 15.8. The zero-order valence-electron chi connectivity index (χ0n) is 12.3. The van der Waals surface area contributed by atoms with Crippen LogP contribution in [-0.4, -0.2) is 17.5 Å². The highest BCUT2D eigenvalue weighted by Crippen LogP contribution is 2.31. The van der Waals surface area contributed by atoms with E-state index < -0.39 is 11.6 Å². The normalized spacial score (nSPS) is 20.7. The molecule has 1 unspecified atom stereocenters. The number of urea groups is 1. The number of nitrogens with zero attached hydrogens (tertiary/aromatic N) is 1. The lowest BCUT2D eigenvalue weighted by Gasteiger charge is -2.22. The van der Waals surface area contributed by atoms with E-state index in [0.29, 0.717) is 22.2 Å². The molecule has 1 saturated heterocycles. The van der Waals surface area contributed by atoms with E-state index in [0.717, 1.165) is 10.5 Å². The number of anilines is 1. The van der Waals surface area contributed by atoms with E-state index in [-0.39, 0.29) is 5.91 Å². The SMILES string of the molecule is CC1(Cc2ccccc2)NC(=O)N(c2cc(Cl)cc(Cl)c2)C1=O. The summed E-state index contributed by atoms with van der Waals surface area (Å²) in [5.41, 5.74) is 0.323. The summed E-state index contributed by atoms with van der Waals surface area (Å²) in [6.07, 6.45) is 0.406. The van der Waals surface area contributed by atoms with Gasteiger partial charge < -0.3 is 5.32 Å². The topological polar surface area (TPSA) is 49.4 Å². The minimum atomic E-state index is -1.01. The van der Waals surface area contributed by atoms with Crippen molar-refractivity contribution in [2.24, 2.45) is 0 Å². The van der Waals surface area contributed by atoms with Gasteiger partial charge in [-0.05, 0) is 30.7 Å². The minimum absolute atomic E-state index is 0.329. The van der Waals surface area contributed by atoms with Crippen LogP contribution in [0.15, 0.2) is 48.5 Å². The number of hydrogen-bond acceptors (Lipinski definition) is 2. The molecule has 1 fully saturated rings. The van der Waals surface area contributed by atoms with Crippen LogP contribution < -0.4 is 10.2 Å². The van der Waals surface area contributed by atoms with Crippen molar-refractivity contribution in [3.05, 3.63) is 64.1 Å². The van der Waals surface area contributed by atoms with Crippen LogP contribution in [0.5, 0.6) is 0 Å². The van der Waals surface area contributed by atoms with Crippen molar-refractivity contribution in [3.63, 3.8) is 0 Å². The van der Waals surface area contributed by atoms with Gasteiger partial charge in [0.1, 0.15) is 5.54 Å². The average Bonchev–Trinajstić information content (AvgIpc) is 2.68. The molecule has 2 aromatic carbocycles. The lowest BCUT2D eigenvalue weighted by atomic mass is 9.93. The second kappa shape index (κ2) is 5.87. The molecule has 1 atom stereocenters. The third kappa shape index (κ3) is 3.05. The van der Waals surface area contributed by atoms with E-state index in [1.165, 1.54) is 0 Å². The number of rotatable bonds is 3. The summed E-state index contributed by atoms with van der Waals surface area (Å²) < 4.78 is 0. The predicted octanol–water partition coefficient (Wildman–Crippen LogP) is 4.05. The van der Waals surface area contributed by atoms with Gasteiger partial charge in [-0.1, -0.05) is 53.5 Å². The van der Waals surface area contributed by atoms with Crippen LogP contribution in [0.1, 0.15) is 12.5 Å². The number of halogens is 2. The number of nitrogens with one attached hydrogen (secondary N) is 1. The minimum Gasteiger partial charge on any atom is -0.323 e. The van der Waals surface area contributed by atoms with Gasteiger partial charge >= 0.3 is 6.03 Å². The molecule has 0 spiro atoms.